The Kier molecular flexibility index (Phi) is 22.5. The van der Waals surface area contributed by atoms with E-state index in [9.17, 15) is 39.0 Å². The molecule has 290 valence electrons. The van der Waals surface area contributed by atoms with Crippen LogP contribution in [0.5, 0.6) is 0 Å². The van der Waals surface area contributed by atoms with Crippen molar-refractivity contribution in [3.63, 3.8) is 0 Å². The van der Waals surface area contributed by atoms with E-state index >= 15 is 0 Å². The van der Waals surface area contributed by atoms with E-state index in [1.165, 1.54) is 6.92 Å². The number of aliphatic hydroxyl groups excluding tert-OH is 2. The molecular formula is C36H67N5O9. The van der Waals surface area contributed by atoms with Gasteiger partial charge in [0.15, 0.2) is 0 Å². The molecule has 0 rings (SSSR count). The fourth-order valence-electron chi connectivity index (χ4n) is 5.51. The number of aliphatic carboxylic acids is 1. The van der Waals surface area contributed by atoms with E-state index in [-0.39, 0.29) is 29.6 Å². The Labute approximate surface area is 299 Å². The van der Waals surface area contributed by atoms with Crippen LogP contribution >= 0.6 is 0 Å². The van der Waals surface area contributed by atoms with Crippen LogP contribution in [-0.4, -0.2) is 93.2 Å². The smallest absolute Gasteiger partial charge is 0.306 e. The minimum atomic E-state index is -1.33. The third-order valence-electron chi connectivity index (χ3n) is 8.35. The quantitative estimate of drug-likeness (QED) is 0.0650. The number of unbranched alkanes of at least 4 members (excludes halogenated alkanes) is 3. The molecule has 50 heavy (non-hydrogen) atoms. The number of hydrogen-bond donors (Lipinski definition) is 8. The Balaban J connectivity index is 5.56. The fourth-order valence-corrected chi connectivity index (χ4v) is 5.51. The zero-order valence-electron chi connectivity index (χ0n) is 32.0. The average molecular weight is 714 g/mol. The van der Waals surface area contributed by atoms with Crippen LogP contribution in [-0.2, 0) is 28.8 Å². The minimum absolute atomic E-state index is 0.0165. The van der Waals surface area contributed by atoms with E-state index in [2.05, 4.69) is 33.5 Å². The molecule has 0 bridgehead atoms. The Morgan fingerprint density at radius 1 is 0.540 bits per heavy atom. The maximum absolute atomic E-state index is 13.6. The number of aliphatic hydroxyl groups is 2. The van der Waals surface area contributed by atoms with Gasteiger partial charge in [-0.05, 0) is 49.9 Å². The topological polar surface area (TPSA) is 223 Å². The highest BCUT2D eigenvalue weighted by molar-refractivity contribution is 5.92. The standard InChI is InChI=1S/C36H67N5O9/c1-11-12-13-14-15-29(44)40-32(22(6)7)36(50)41-33(23(8)9)35(49)39-25(16-20(2)3)27(42)18-30(45)37-24(10)34(48)38-26(17-21(4)5)28(43)19-31(46)47/h20-28,32-33,42-43H,11-19H2,1-10H3,(H,37,45)(H,38,48)(H,39,49)(H,40,44)(H,41,50)(H,46,47)/t24-,25-,26-,27-,28-,32-,33-/m0/s1. The predicted molar refractivity (Wildman–Crippen MR) is 192 cm³/mol. The molecule has 0 fully saturated rings. The highest BCUT2D eigenvalue weighted by Gasteiger charge is 2.34. The number of nitrogens with one attached hydrogen (secondary N) is 5. The first-order chi connectivity index (χ1) is 23.2. The number of carbonyl (C=O) groups excluding carboxylic acids is 5. The van der Waals surface area contributed by atoms with E-state index in [1.54, 1.807) is 13.8 Å². The number of carbonyl (C=O) groups is 6. The van der Waals surface area contributed by atoms with Crippen molar-refractivity contribution in [1.82, 2.24) is 26.6 Å². The lowest BCUT2D eigenvalue weighted by atomic mass is 9.95. The lowest BCUT2D eigenvalue weighted by Gasteiger charge is -2.31. The second kappa shape index (κ2) is 24.0. The monoisotopic (exact) mass is 713 g/mol. The van der Waals surface area contributed by atoms with Crippen molar-refractivity contribution in [2.75, 3.05) is 0 Å². The molecule has 8 N–H and O–H groups in total. The molecule has 0 aromatic rings. The van der Waals surface area contributed by atoms with Gasteiger partial charge in [-0.25, -0.2) is 0 Å². The summed E-state index contributed by atoms with van der Waals surface area (Å²) in [5, 5.41) is 44.0. The molecule has 14 heteroatoms. The molecule has 0 radical (unpaired) electrons. The van der Waals surface area contributed by atoms with Gasteiger partial charge in [-0.2, -0.15) is 0 Å². The van der Waals surface area contributed by atoms with Crippen molar-refractivity contribution in [2.45, 2.75) is 169 Å². The molecule has 0 aliphatic carbocycles. The molecule has 0 aliphatic heterocycles. The summed E-state index contributed by atoms with van der Waals surface area (Å²) in [6.45, 7) is 18.2. The van der Waals surface area contributed by atoms with Crippen LogP contribution in [0.4, 0.5) is 0 Å². The maximum Gasteiger partial charge on any atom is 0.306 e. The summed E-state index contributed by atoms with van der Waals surface area (Å²) in [6.07, 6.45) is 1.03. The normalized spacial score (nSPS) is 15.8. The van der Waals surface area contributed by atoms with Gasteiger partial charge in [0.2, 0.25) is 29.5 Å². The highest BCUT2D eigenvalue weighted by Crippen LogP contribution is 2.15. The van der Waals surface area contributed by atoms with Gasteiger partial charge in [-0.1, -0.05) is 81.6 Å². The Morgan fingerprint density at radius 3 is 1.46 bits per heavy atom. The van der Waals surface area contributed by atoms with Crippen molar-refractivity contribution in [3.8, 4) is 0 Å². The van der Waals surface area contributed by atoms with Gasteiger partial charge in [0, 0.05) is 6.42 Å². The van der Waals surface area contributed by atoms with Gasteiger partial charge < -0.3 is 41.9 Å². The molecule has 0 aliphatic rings. The van der Waals surface area contributed by atoms with E-state index in [0.29, 0.717) is 19.3 Å². The highest BCUT2D eigenvalue weighted by atomic mass is 16.4. The maximum atomic E-state index is 13.6. The predicted octanol–water partition coefficient (Wildman–Crippen LogP) is 2.39. The molecule has 14 nitrogen and oxygen atoms in total. The first kappa shape index (κ1) is 46.7. The third-order valence-corrected chi connectivity index (χ3v) is 8.35. The molecule has 0 unspecified atom stereocenters. The first-order valence-electron chi connectivity index (χ1n) is 18.3. The largest absolute Gasteiger partial charge is 0.481 e. The summed E-state index contributed by atoms with van der Waals surface area (Å²) < 4.78 is 0. The van der Waals surface area contributed by atoms with Crippen molar-refractivity contribution in [2.24, 2.45) is 23.7 Å². The second-order valence-corrected chi connectivity index (χ2v) is 15.0. The third kappa shape index (κ3) is 19.2. The second-order valence-electron chi connectivity index (χ2n) is 15.0. The zero-order valence-corrected chi connectivity index (χ0v) is 32.0. The summed E-state index contributed by atoms with van der Waals surface area (Å²) >= 11 is 0. The Hall–Kier alpha value is -3.26. The Bertz CT molecular complexity index is 1080. The molecule has 0 aromatic heterocycles. The lowest BCUT2D eigenvalue weighted by Crippen LogP contribution is -2.59. The molecule has 0 saturated heterocycles. The summed E-state index contributed by atoms with van der Waals surface area (Å²) in [6, 6.07) is -4.60. The van der Waals surface area contributed by atoms with Crippen LogP contribution in [0.15, 0.2) is 0 Å². The average Bonchev–Trinajstić information content (AvgIpc) is 2.98. The van der Waals surface area contributed by atoms with Crippen LogP contribution in [0.1, 0.15) is 127 Å². The lowest BCUT2D eigenvalue weighted by molar-refractivity contribution is -0.140. The molecule has 0 heterocycles. The zero-order chi connectivity index (χ0) is 38.7. The van der Waals surface area contributed by atoms with Crippen LogP contribution in [0.3, 0.4) is 0 Å². The number of rotatable bonds is 25. The van der Waals surface area contributed by atoms with Crippen molar-refractivity contribution < 1.29 is 44.1 Å². The van der Waals surface area contributed by atoms with E-state index in [4.69, 9.17) is 5.11 Å². The van der Waals surface area contributed by atoms with Crippen LogP contribution in [0.2, 0.25) is 0 Å². The van der Waals surface area contributed by atoms with E-state index in [0.717, 1.165) is 25.7 Å². The van der Waals surface area contributed by atoms with E-state index in [1.807, 2.05) is 41.5 Å². The molecular weight excluding hydrogens is 646 g/mol. The molecule has 0 aromatic carbocycles. The fraction of sp³-hybridized carbons (Fsp3) is 0.833. The SMILES string of the molecule is CCCCCCC(=O)N[C@H](C(=O)N[C@H](C(=O)N[C@@H](CC(C)C)[C@@H](O)CC(=O)N[C@@H](C)C(=O)N[C@@H](CC(C)C)[C@@H](O)CC(=O)O)C(C)C)C(C)C. The molecule has 0 spiro atoms. The summed E-state index contributed by atoms with van der Waals surface area (Å²) in [7, 11) is 0. The van der Waals surface area contributed by atoms with Gasteiger partial charge in [0.05, 0.1) is 37.1 Å². The minimum Gasteiger partial charge on any atom is -0.481 e. The van der Waals surface area contributed by atoms with E-state index < -0.39 is 84.9 Å². The molecule has 0 saturated carbocycles. The van der Waals surface area contributed by atoms with Crippen molar-refractivity contribution in [1.29, 1.82) is 0 Å². The Morgan fingerprint density at radius 2 is 1.00 bits per heavy atom. The summed E-state index contributed by atoms with van der Waals surface area (Å²) in [4.78, 5) is 76.3. The number of carboxylic acids is 1. The number of hydrogen-bond acceptors (Lipinski definition) is 8. The number of carboxylic acid groups (broad SMARTS) is 1. The van der Waals surface area contributed by atoms with Crippen molar-refractivity contribution >= 4 is 35.5 Å². The molecule has 7 atom stereocenters. The van der Waals surface area contributed by atoms with Crippen LogP contribution in [0.25, 0.3) is 0 Å². The van der Waals surface area contributed by atoms with Gasteiger partial charge in [-0.15, -0.1) is 0 Å². The van der Waals surface area contributed by atoms with Crippen LogP contribution in [0, 0.1) is 23.7 Å². The number of amides is 5. The van der Waals surface area contributed by atoms with Gasteiger partial charge in [0.25, 0.3) is 0 Å². The van der Waals surface area contributed by atoms with Gasteiger partial charge in [-0.3, -0.25) is 28.8 Å². The molecule has 5 amide bonds. The van der Waals surface area contributed by atoms with Gasteiger partial charge in [0.1, 0.15) is 18.1 Å². The van der Waals surface area contributed by atoms with Crippen molar-refractivity contribution in [3.05, 3.63) is 0 Å². The van der Waals surface area contributed by atoms with Gasteiger partial charge >= 0.3 is 5.97 Å². The summed E-state index contributed by atoms with van der Waals surface area (Å²) in [5.74, 6) is -4.28. The van der Waals surface area contributed by atoms with Crippen LogP contribution < -0.4 is 26.6 Å². The first-order valence-corrected chi connectivity index (χ1v) is 18.3. The summed E-state index contributed by atoms with van der Waals surface area (Å²) in [5.41, 5.74) is 0.